The zero-order chi connectivity index (χ0) is 28.4. The molecule has 42 heavy (non-hydrogen) atoms. The first kappa shape index (κ1) is 25.7. The van der Waals surface area contributed by atoms with E-state index in [1.54, 1.807) is 11.3 Å². The van der Waals surface area contributed by atoms with E-state index in [2.05, 4.69) is 10.2 Å². The Morgan fingerprint density at radius 2 is 2.14 bits per heavy atom. The number of nitrogens with zero attached hydrogens (tertiary/aromatic N) is 6. The van der Waals surface area contributed by atoms with Crippen LogP contribution in [0.1, 0.15) is 42.6 Å². The second-order valence-corrected chi connectivity index (χ2v) is 12.4. The van der Waals surface area contributed by atoms with Crippen LogP contribution in [0.3, 0.4) is 0 Å². The van der Waals surface area contributed by atoms with Crippen molar-refractivity contribution in [1.29, 1.82) is 0 Å². The summed E-state index contributed by atoms with van der Waals surface area (Å²) in [6.07, 6.45) is 4.48. The number of rotatable bonds is 6. The summed E-state index contributed by atoms with van der Waals surface area (Å²) in [5, 5.41) is 20.1. The first-order chi connectivity index (χ1) is 20.5. The Morgan fingerprint density at radius 3 is 2.95 bits per heavy atom. The van der Waals surface area contributed by atoms with Crippen molar-refractivity contribution in [2.24, 2.45) is 11.8 Å². The minimum atomic E-state index is -1.01. The number of fused-ring (bicyclic) bond motifs is 3. The Labute approximate surface area is 245 Å². The monoisotopic (exact) mass is 589 g/mol. The van der Waals surface area contributed by atoms with Gasteiger partial charge in [0, 0.05) is 42.7 Å². The summed E-state index contributed by atoms with van der Waals surface area (Å²) < 4.78 is 19.5. The lowest BCUT2D eigenvalue weighted by Gasteiger charge is -2.27. The molecule has 3 fully saturated rings. The predicted molar refractivity (Wildman–Crippen MR) is 154 cm³/mol. The number of hydrogen-bond donors (Lipinski definition) is 2. The highest BCUT2D eigenvalue weighted by Crippen LogP contribution is 2.64. The second kappa shape index (κ2) is 9.80. The summed E-state index contributed by atoms with van der Waals surface area (Å²) in [7, 11) is 0. The molecule has 1 aromatic carbocycles. The highest BCUT2D eigenvalue weighted by molar-refractivity contribution is 7.09. The Morgan fingerprint density at radius 1 is 1.21 bits per heavy atom. The number of thiazole rings is 1. The van der Waals surface area contributed by atoms with Gasteiger partial charge in [-0.25, -0.2) is 24.4 Å². The fourth-order valence-electron chi connectivity index (χ4n) is 7.10. The number of benzene rings is 1. The highest BCUT2D eigenvalue weighted by Gasteiger charge is 2.68. The van der Waals surface area contributed by atoms with E-state index in [9.17, 15) is 9.90 Å². The maximum atomic E-state index is 11.5. The average Bonchev–Trinajstić information content (AvgIpc) is 3.45. The average molecular weight is 590 g/mol. The summed E-state index contributed by atoms with van der Waals surface area (Å²) in [6.45, 7) is 4.77. The number of nitrogens with one attached hydrogen (secondary N) is 1. The third-order valence-electron chi connectivity index (χ3n) is 9.17. The molecule has 4 aliphatic rings. The van der Waals surface area contributed by atoms with Gasteiger partial charge in [0.2, 0.25) is 6.79 Å². The zero-order valence-corrected chi connectivity index (χ0v) is 24.0. The molecule has 6 heterocycles. The van der Waals surface area contributed by atoms with Gasteiger partial charge in [-0.3, -0.25) is 0 Å². The van der Waals surface area contributed by atoms with Crippen molar-refractivity contribution in [3.05, 3.63) is 40.5 Å². The van der Waals surface area contributed by atoms with Crippen LogP contribution in [0, 0.1) is 18.8 Å². The molecule has 2 saturated heterocycles. The molecule has 1 saturated carbocycles. The molecule has 0 spiro atoms. The van der Waals surface area contributed by atoms with Crippen molar-refractivity contribution in [3.8, 4) is 22.8 Å². The molecule has 3 aromatic heterocycles. The molecule has 1 aliphatic carbocycles. The van der Waals surface area contributed by atoms with E-state index in [1.807, 2.05) is 41.4 Å². The van der Waals surface area contributed by atoms with Gasteiger partial charge in [0.05, 0.1) is 11.8 Å². The minimum absolute atomic E-state index is 0.174. The van der Waals surface area contributed by atoms with Crippen LogP contribution in [0.5, 0.6) is 11.5 Å². The second-order valence-electron chi connectivity index (χ2n) is 11.5. The lowest BCUT2D eigenvalue weighted by molar-refractivity contribution is -0.0368. The van der Waals surface area contributed by atoms with E-state index in [0.717, 1.165) is 60.9 Å². The van der Waals surface area contributed by atoms with Gasteiger partial charge < -0.3 is 29.5 Å². The summed E-state index contributed by atoms with van der Waals surface area (Å²) in [6, 6.07) is 5.79. The topological polar surface area (TPSA) is 137 Å². The molecular weight excluding hydrogens is 558 g/mol. The molecule has 13 heteroatoms. The van der Waals surface area contributed by atoms with Crippen molar-refractivity contribution in [2.75, 3.05) is 37.9 Å². The van der Waals surface area contributed by atoms with E-state index in [4.69, 9.17) is 34.3 Å². The zero-order valence-electron chi connectivity index (χ0n) is 23.2. The number of carboxylic acid groups (broad SMARTS) is 1. The summed E-state index contributed by atoms with van der Waals surface area (Å²) in [5.74, 6) is 2.78. The first-order valence-corrected chi connectivity index (χ1v) is 15.3. The molecule has 4 atom stereocenters. The number of hydrogen-bond acceptors (Lipinski definition) is 10. The Bertz CT molecular complexity index is 1680. The van der Waals surface area contributed by atoms with E-state index in [1.165, 1.54) is 0 Å². The molecule has 0 radical (unpaired) electrons. The van der Waals surface area contributed by atoms with Crippen LogP contribution >= 0.6 is 11.3 Å². The van der Waals surface area contributed by atoms with E-state index < -0.39 is 6.09 Å². The van der Waals surface area contributed by atoms with Gasteiger partial charge >= 0.3 is 6.09 Å². The smallest absolute Gasteiger partial charge is 0.404 e. The standard InChI is InChI=1S/C29H31N7O5S/c1-16-13-42-27(32-16)29(14-31-28(37)38)18-8-9-35(12-19(18)29)21-11-30-24-23(17-5-4-6-20-25(17)41-15-40-20)34-36(26(24)33-21)22-7-2-3-10-39-22/h4-6,11,13,18-19,22,31H,2-3,7-10,12,14-15H2,1H3,(H,37,38). The number of para-hydroxylation sites is 1. The molecule has 4 unspecified atom stereocenters. The number of aryl methyl sites for hydroxylation is 1. The number of aromatic nitrogens is 5. The third-order valence-corrected chi connectivity index (χ3v) is 10.3. The number of ether oxygens (including phenoxy) is 3. The molecule has 218 valence electrons. The minimum Gasteiger partial charge on any atom is -0.465 e. The maximum Gasteiger partial charge on any atom is 0.404 e. The molecular formula is C29H31N7O5S. The van der Waals surface area contributed by atoms with Crippen molar-refractivity contribution in [1.82, 2.24) is 30.0 Å². The molecule has 2 N–H and O–H groups in total. The lowest BCUT2D eigenvalue weighted by atomic mass is 10.0. The van der Waals surface area contributed by atoms with Crippen LogP contribution in [-0.2, 0) is 10.2 Å². The van der Waals surface area contributed by atoms with Crippen LogP contribution in [0.15, 0.2) is 29.8 Å². The number of carbonyl (C=O) groups is 1. The van der Waals surface area contributed by atoms with Crippen molar-refractivity contribution >= 4 is 34.4 Å². The van der Waals surface area contributed by atoms with Gasteiger partial charge in [-0.1, -0.05) is 6.07 Å². The third kappa shape index (κ3) is 4.01. The lowest BCUT2D eigenvalue weighted by Crippen LogP contribution is -2.35. The van der Waals surface area contributed by atoms with Gasteiger partial charge in [0.1, 0.15) is 22.0 Å². The van der Waals surface area contributed by atoms with Crippen molar-refractivity contribution in [3.63, 3.8) is 0 Å². The normalized spacial score (nSPS) is 26.3. The number of piperidine rings is 1. The van der Waals surface area contributed by atoms with Gasteiger partial charge in [-0.15, -0.1) is 11.3 Å². The molecule has 4 aromatic rings. The predicted octanol–water partition coefficient (Wildman–Crippen LogP) is 4.35. The Hall–Kier alpha value is -3.97. The van der Waals surface area contributed by atoms with E-state index in [0.29, 0.717) is 47.4 Å². The van der Waals surface area contributed by atoms with Crippen LogP contribution in [0.2, 0.25) is 0 Å². The van der Waals surface area contributed by atoms with Crippen molar-refractivity contribution in [2.45, 2.75) is 44.2 Å². The van der Waals surface area contributed by atoms with Crippen LogP contribution in [0.25, 0.3) is 22.4 Å². The van der Waals surface area contributed by atoms with Crippen LogP contribution < -0.4 is 19.7 Å². The molecule has 12 nitrogen and oxygen atoms in total. The fraction of sp³-hybridized carbons (Fsp3) is 0.483. The number of amides is 1. The summed E-state index contributed by atoms with van der Waals surface area (Å²) in [4.78, 5) is 28.6. The summed E-state index contributed by atoms with van der Waals surface area (Å²) in [5.41, 5.74) is 3.56. The Balaban J connectivity index is 1.16. The maximum absolute atomic E-state index is 11.5. The Kier molecular flexibility index (Phi) is 6.00. The fourth-order valence-corrected chi connectivity index (χ4v) is 8.22. The molecule has 8 rings (SSSR count). The van der Waals surface area contributed by atoms with Gasteiger partial charge in [-0.2, -0.15) is 5.10 Å². The van der Waals surface area contributed by atoms with Gasteiger partial charge in [0.15, 0.2) is 23.4 Å². The van der Waals surface area contributed by atoms with Gasteiger partial charge in [-0.05, 0) is 56.6 Å². The SMILES string of the molecule is Cc1csc(C2(CNC(=O)O)C3CCN(c4cnc5c(-c6cccc7c6OCO7)nn(C6CCCCO6)c5n4)CC32)n1. The largest absolute Gasteiger partial charge is 0.465 e. The van der Waals surface area contributed by atoms with Crippen LogP contribution in [0.4, 0.5) is 10.6 Å². The van der Waals surface area contributed by atoms with Crippen LogP contribution in [-0.4, -0.2) is 69.0 Å². The number of anilines is 1. The van der Waals surface area contributed by atoms with Crippen molar-refractivity contribution < 1.29 is 24.1 Å². The quantitative estimate of drug-likeness (QED) is 0.334. The molecule has 3 aliphatic heterocycles. The first-order valence-electron chi connectivity index (χ1n) is 14.4. The molecule has 0 bridgehead atoms. The summed E-state index contributed by atoms with van der Waals surface area (Å²) >= 11 is 1.63. The molecule has 1 amide bonds. The van der Waals surface area contributed by atoms with Gasteiger partial charge in [0.25, 0.3) is 0 Å². The van der Waals surface area contributed by atoms with E-state index >= 15 is 0 Å². The highest BCUT2D eigenvalue weighted by atomic mass is 32.1. The van der Waals surface area contributed by atoms with E-state index in [-0.39, 0.29) is 24.4 Å².